The predicted octanol–water partition coefficient (Wildman–Crippen LogP) is 2.10. The topological polar surface area (TPSA) is 40.7 Å². The molecule has 1 aromatic carbocycles. The quantitative estimate of drug-likeness (QED) is 0.798. The van der Waals surface area contributed by atoms with Crippen LogP contribution in [0.1, 0.15) is 11.4 Å². The highest BCUT2D eigenvalue weighted by Gasteiger charge is 2.02. The summed E-state index contributed by atoms with van der Waals surface area (Å²) < 4.78 is 0. The van der Waals surface area contributed by atoms with Crippen LogP contribution < -0.4 is 5.32 Å². The summed E-state index contributed by atoms with van der Waals surface area (Å²) in [5.74, 6) is 0.967. The Kier molecular flexibility index (Phi) is 2.83. The fourth-order valence-electron chi connectivity index (χ4n) is 1.58. The number of imidazole rings is 1. The Hall–Kier alpha value is -1.61. The summed E-state index contributed by atoms with van der Waals surface area (Å²) in [6.07, 6.45) is 1.88. The standard InChI is InChI=1S/C12H15N3/c1-9-4-3-5-10(6-9)11-7-14-12(15-11)8-13-2/h3-7,13H,8H2,1-2H3,(H,14,15). The number of hydrogen-bond acceptors (Lipinski definition) is 2. The van der Waals surface area contributed by atoms with Crippen LogP contribution in [0.4, 0.5) is 0 Å². The molecular weight excluding hydrogens is 186 g/mol. The van der Waals surface area contributed by atoms with Crippen molar-refractivity contribution in [3.63, 3.8) is 0 Å². The lowest BCUT2D eigenvalue weighted by Gasteiger charge is -1.98. The monoisotopic (exact) mass is 201 g/mol. The van der Waals surface area contributed by atoms with Gasteiger partial charge in [0.1, 0.15) is 5.82 Å². The number of nitrogens with zero attached hydrogens (tertiary/aromatic N) is 1. The molecule has 1 heterocycles. The number of hydrogen-bond donors (Lipinski definition) is 2. The average molecular weight is 201 g/mol. The lowest BCUT2D eigenvalue weighted by molar-refractivity contribution is 0.772. The van der Waals surface area contributed by atoms with Gasteiger partial charge in [-0.3, -0.25) is 0 Å². The van der Waals surface area contributed by atoms with Crippen molar-refractivity contribution < 1.29 is 0 Å². The summed E-state index contributed by atoms with van der Waals surface area (Å²) in [7, 11) is 1.91. The Bertz CT molecular complexity index is 446. The van der Waals surface area contributed by atoms with Crippen LogP contribution in [0.2, 0.25) is 0 Å². The molecule has 0 unspecified atom stereocenters. The first-order valence-electron chi connectivity index (χ1n) is 5.05. The molecule has 2 N–H and O–H groups in total. The highest BCUT2D eigenvalue weighted by Crippen LogP contribution is 2.17. The maximum Gasteiger partial charge on any atom is 0.120 e. The molecular formula is C12H15N3. The van der Waals surface area contributed by atoms with Gasteiger partial charge in [0.05, 0.1) is 18.4 Å². The summed E-state index contributed by atoms with van der Waals surface area (Å²) in [6, 6.07) is 8.39. The second kappa shape index (κ2) is 4.28. The largest absolute Gasteiger partial charge is 0.341 e. The molecule has 0 aliphatic rings. The van der Waals surface area contributed by atoms with Crippen LogP contribution in [0.5, 0.6) is 0 Å². The summed E-state index contributed by atoms with van der Waals surface area (Å²) in [5.41, 5.74) is 3.52. The van der Waals surface area contributed by atoms with Crippen LogP contribution in [-0.4, -0.2) is 17.0 Å². The average Bonchev–Trinajstić information content (AvgIpc) is 2.67. The smallest absolute Gasteiger partial charge is 0.120 e. The zero-order chi connectivity index (χ0) is 10.7. The second-order valence-electron chi connectivity index (χ2n) is 3.64. The maximum atomic E-state index is 4.29. The molecule has 0 aliphatic carbocycles. The van der Waals surface area contributed by atoms with Gasteiger partial charge in [0, 0.05) is 0 Å². The van der Waals surface area contributed by atoms with E-state index in [4.69, 9.17) is 0 Å². The van der Waals surface area contributed by atoms with Gasteiger partial charge >= 0.3 is 0 Å². The van der Waals surface area contributed by atoms with Crippen molar-refractivity contribution in [2.45, 2.75) is 13.5 Å². The Balaban J connectivity index is 2.29. The van der Waals surface area contributed by atoms with Gasteiger partial charge in [-0.1, -0.05) is 23.8 Å². The molecule has 2 aromatic rings. The predicted molar refractivity (Wildman–Crippen MR) is 61.5 cm³/mol. The van der Waals surface area contributed by atoms with Crippen LogP contribution in [-0.2, 0) is 6.54 Å². The van der Waals surface area contributed by atoms with Gasteiger partial charge < -0.3 is 10.3 Å². The van der Waals surface area contributed by atoms with E-state index >= 15 is 0 Å². The van der Waals surface area contributed by atoms with Crippen molar-refractivity contribution in [3.05, 3.63) is 41.9 Å². The number of aromatic nitrogens is 2. The lowest BCUT2D eigenvalue weighted by Crippen LogP contribution is -2.06. The molecule has 15 heavy (non-hydrogen) atoms. The molecule has 3 heteroatoms. The first kappa shape index (κ1) is 9.93. The van der Waals surface area contributed by atoms with Crippen molar-refractivity contribution >= 4 is 0 Å². The Labute approximate surface area is 89.6 Å². The van der Waals surface area contributed by atoms with Gasteiger partial charge in [0.15, 0.2) is 0 Å². The van der Waals surface area contributed by atoms with Crippen LogP contribution in [0, 0.1) is 6.92 Å². The number of aromatic amines is 1. The number of H-pyrrole nitrogens is 1. The molecule has 0 amide bonds. The van der Waals surface area contributed by atoms with Crippen molar-refractivity contribution in [1.29, 1.82) is 0 Å². The zero-order valence-corrected chi connectivity index (χ0v) is 9.04. The highest BCUT2D eigenvalue weighted by atomic mass is 15.0. The van der Waals surface area contributed by atoms with Crippen LogP contribution in [0.3, 0.4) is 0 Å². The molecule has 1 aromatic heterocycles. The van der Waals surface area contributed by atoms with Crippen molar-refractivity contribution in [3.8, 4) is 11.3 Å². The van der Waals surface area contributed by atoms with Crippen molar-refractivity contribution in [2.75, 3.05) is 7.05 Å². The Morgan fingerprint density at radius 2 is 2.27 bits per heavy atom. The Morgan fingerprint density at radius 1 is 1.40 bits per heavy atom. The SMILES string of the molecule is CNCc1ncc(-c2cccc(C)c2)[nH]1. The number of benzene rings is 1. The normalized spacial score (nSPS) is 10.5. The molecule has 0 saturated carbocycles. The molecule has 3 nitrogen and oxygen atoms in total. The summed E-state index contributed by atoms with van der Waals surface area (Å²) in [4.78, 5) is 7.58. The minimum absolute atomic E-state index is 0.770. The van der Waals surface area contributed by atoms with E-state index in [9.17, 15) is 0 Å². The van der Waals surface area contributed by atoms with E-state index in [-0.39, 0.29) is 0 Å². The Morgan fingerprint density at radius 3 is 3.00 bits per heavy atom. The van der Waals surface area contributed by atoms with Gasteiger partial charge in [-0.2, -0.15) is 0 Å². The minimum Gasteiger partial charge on any atom is -0.341 e. The van der Waals surface area contributed by atoms with E-state index in [1.54, 1.807) is 0 Å². The van der Waals surface area contributed by atoms with Crippen molar-refractivity contribution in [2.24, 2.45) is 0 Å². The lowest BCUT2D eigenvalue weighted by atomic mass is 10.1. The van der Waals surface area contributed by atoms with E-state index in [2.05, 4.69) is 46.5 Å². The molecule has 2 rings (SSSR count). The third-order valence-corrected chi connectivity index (χ3v) is 2.30. The molecule has 78 valence electrons. The van der Waals surface area contributed by atoms with E-state index < -0.39 is 0 Å². The van der Waals surface area contributed by atoms with Crippen LogP contribution >= 0.6 is 0 Å². The van der Waals surface area contributed by atoms with Crippen LogP contribution in [0.25, 0.3) is 11.3 Å². The summed E-state index contributed by atoms with van der Waals surface area (Å²) in [5, 5.41) is 3.07. The number of nitrogens with one attached hydrogen (secondary N) is 2. The number of aryl methyl sites for hydroxylation is 1. The molecule has 0 spiro atoms. The second-order valence-corrected chi connectivity index (χ2v) is 3.64. The van der Waals surface area contributed by atoms with Gasteiger partial charge in [0.25, 0.3) is 0 Å². The van der Waals surface area contributed by atoms with Gasteiger partial charge in [0.2, 0.25) is 0 Å². The zero-order valence-electron chi connectivity index (χ0n) is 9.04. The van der Waals surface area contributed by atoms with E-state index in [0.29, 0.717) is 0 Å². The van der Waals surface area contributed by atoms with Gasteiger partial charge in [-0.05, 0) is 25.6 Å². The summed E-state index contributed by atoms with van der Waals surface area (Å²) >= 11 is 0. The first-order chi connectivity index (χ1) is 7.29. The fraction of sp³-hybridized carbons (Fsp3) is 0.250. The molecule has 0 aliphatic heterocycles. The fourth-order valence-corrected chi connectivity index (χ4v) is 1.58. The van der Waals surface area contributed by atoms with E-state index in [1.807, 2.05) is 13.2 Å². The van der Waals surface area contributed by atoms with Gasteiger partial charge in [-0.15, -0.1) is 0 Å². The van der Waals surface area contributed by atoms with Crippen LogP contribution in [0.15, 0.2) is 30.5 Å². The highest BCUT2D eigenvalue weighted by molar-refractivity contribution is 5.59. The maximum absolute atomic E-state index is 4.29. The molecule has 0 fully saturated rings. The van der Waals surface area contributed by atoms with Crippen molar-refractivity contribution in [1.82, 2.24) is 15.3 Å². The van der Waals surface area contributed by atoms with E-state index in [0.717, 1.165) is 18.1 Å². The van der Waals surface area contributed by atoms with Gasteiger partial charge in [-0.25, -0.2) is 4.98 Å². The summed E-state index contributed by atoms with van der Waals surface area (Å²) in [6.45, 7) is 2.86. The first-order valence-corrected chi connectivity index (χ1v) is 5.05. The molecule has 0 saturated heterocycles. The molecule has 0 radical (unpaired) electrons. The number of rotatable bonds is 3. The minimum atomic E-state index is 0.770. The third kappa shape index (κ3) is 2.25. The molecule has 0 bridgehead atoms. The van der Waals surface area contributed by atoms with E-state index in [1.165, 1.54) is 11.1 Å². The third-order valence-electron chi connectivity index (χ3n) is 2.30. The molecule has 0 atom stereocenters.